The lowest BCUT2D eigenvalue weighted by Gasteiger charge is -2.10. The molecule has 7 heteroatoms. The van der Waals surface area contributed by atoms with Gasteiger partial charge in [0.25, 0.3) is 5.91 Å². The number of amides is 1. The number of allylic oxidation sites excluding steroid dienone is 1. The maximum absolute atomic E-state index is 12.4. The van der Waals surface area contributed by atoms with Crippen molar-refractivity contribution < 1.29 is 4.79 Å². The van der Waals surface area contributed by atoms with E-state index in [2.05, 4.69) is 20.7 Å². The minimum Gasteiger partial charge on any atom is -0.272 e. The molecule has 0 unspecified atom stereocenters. The fourth-order valence-electron chi connectivity index (χ4n) is 3.08. The van der Waals surface area contributed by atoms with Crippen LogP contribution in [0.15, 0.2) is 107 Å². The van der Waals surface area contributed by atoms with Crippen molar-refractivity contribution in [2.45, 2.75) is 12.1 Å². The molecule has 0 saturated carbocycles. The summed E-state index contributed by atoms with van der Waals surface area (Å²) in [6.07, 6.45) is 3.81. The van der Waals surface area contributed by atoms with Crippen molar-refractivity contribution in [1.29, 1.82) is 0 Å². The lowest BCUT2D eigenvalue weighted by molar-refractivity contribution is -0.118. The monoisotopic (exact) mass is 453 g/mol. The molecule has 1 amide bonds. The molecule has 0 atom stereocenters. The summed E-state index contributed by atoms with van der Waals surface area (Å²) >= 11 is 1.32. The maximum atomic E-state index is 12.4. The van der Waals surface area contributed by atoms with E-state index in [1.807, 2.05) is 115 Å². The third-order valence-corrected chi connectivity index (χ3v) is 5.61. The summed E-state index contributed by atoms with van der Waals surface area (Å²) < 4.78 is 1.96. The van der Waals surface area contributed by atoms with Gasteiger partial charge in [-0.05, 0) is 30.7 Å². The number of carbonyl (C=O) groups is 1. The van der Waals surface area contributed by atoms with Crippen molar-refractivity contribution in [1.82, 2.24) is 20.2 Å². The van der Waals surface area contributed by atoms with Crippen molar-refractivity contribution in [3.63, 3.8) is 0 Å². The Balaban J connectivity index is 1.44. The fraction of sp³-hybridized carbons (Fsp3) is 0.0769. The van der Waals surface area contributed by atoms with Crippen LogP contribution < -0.4 is 5.43 Å². The highest BCUT2D eigenvalue weighted by molar-refractivity contribution is 7.99. The Morgan fingerprint density at radius 2 is 1.58 bits per heavy atom. The molecule has 6 nitrogen and oxygen atoms in total. The molecule has 0 spiro atoms. The van der Waals surface area contributed by atoms with Crippen LogP contribution >= 0.6 is 11.8 Å². The molecule has 0 aliphatic carbocycles. The van der Waals surface area contributed by atoms with E-state index in [1.54, 1.807) is 0 Å². The molecular formula is C26H23N5OS. The lowest BCUT2D eigenvalue weighted by atomic mass is 10.2. The van der Waals surface area contributed by atoms with Crippen molar-refractivity contribution in [2.24, 2.45) is 5.10 Å². The minimum absolute atomic E-state index is 0.166. The standard InChI is InChI=1S/C26H23N5OS/c1-20(17-18-21-11-5-2-6-12-21)27-28-24(32)19-33-26-30-29-25(22-13-7-3-8-14-22)31(26)23-15-9-4-10-16-23/h2-18H,19H2,1H3,(H,28,32)/b18-17+,27-20?. The van der Waals surface area contributed by atoms with Crippen LogP contribution in [-0.4, -0.2) is 32.1 Å². The number of thioether (sulfide) groups is 1. The van der Waals surface area contributed by atoms with Crippen LogP contribution in [-0.2, 0) is 4.79 Å². The van der Waals surface area contributed by atoms with Crippen LogP contribution in [0.25, 0.3) is 23.2 Å². The average Bonchev–Trinajstić information content (AvgIpc) is 3.30. The lowest BCUT2D eigenvalue weighted by Crippen LogP contribution is -2.20. The van der Waals surface area contributed by atoms with Crippen molar-refractivity contribution in [2.75, 3.05) is 5.75 Å². The number of hydrogen-bond acceptors (Lipinski definition) is 5. The van der Waals surface area contributed by atoms with Gasteiger partial charge in [0.15, 0.2) is 11.0 Å². The molecular weight excluding hydrogens is 430 g/mol. The molecule has 1 N–H and O–H groups in total. The summed E-state index contributed by atoms with van der Waals surface area (Å²) in [5.41, 5.74) is 6.27. The minimum atomic E-state index is -0.212. The van der Waals surface area contributed by atoms with E-state index in [0.717, 1.165) is 22.6 Å². The van der Waals surface area contributed by atoms with Gasteiger partial charge in [-0.25, -0.2) is 5.43 Å². The summed E-state index contributed by atoms with van der Waals surface area (Å²) in [5.74, 6) is 0.680. The van der Waals surface area contributed by atoms with Gasteiger partial charge in [-0.3, -0.25) is 9.36 Å². The normalized spacial score (nSPS) is 11.6. The van der Waals surface area contributed by atoms with Crippen molar-refractivity contribution in [3.8, 4) is 17.1 Å². The van der Waals surface area contributed by atoms with Crippen LogP contribution in [0.2, 0.25) is 0 Å². The second kappa shape index (κ2) is 11.1. The highest BCUT2D eigenvalue weighted by atomic mass is 32.2. The van der Waals surface area contributed by atoms with Gasteiger partial charge in [0.2, 0.25) is 0 Å². The summed E-state index contributed by atoms with van der Waals surface area (Å²) in [4.78, 5) is 12.4. The number of nitrogens with one attached hydrogen (secondary N) is 1. The predicted octanol–water partition coefficient (Wildman–Crippen LogP) is 5.23. The Bertz CT molecular complexity index is 1250. The fourth-order valence-corrected chi connectivity index (χ4v) is 3.82. The molecule has 4 rings (SSSR count). The largest absolute Gasteiger partial charge is 0.272 e. The molecule has 4 aromatic rings. The quantitative estimate of drug-likeness (QED) is 0.225. The molecule has 0 radical (unpaired) electrons. The number of nitrogens with zero attached hydrogens (tertiary/aromatic N) is 4. The number of benzene rings is 3. The summed E-state index contributed by atoms with van der Waals surface area (Å²) in [5, 5.41) is 13.5. The highest BCUT2D eigenvalue weighted by Crippen LogP contribution is 2.27. The molecule has 0 aliphatic rings. The van der Waals surface area contributed by atoms with Crippen LogP contribution in [0.1, 0.15) is 12.5 Å². The zero-order valence-electron chi connectivity index (χ0n) is 18.1. The molecule has 0 fully saturated rings. The van der Waals surface area contributed by atoms with Gasteiger partial charge < -0.3 is 0 Å². The van der Waals surface area contributed by atoms with E-state index in [1.165, 1.54) is 11.8 Å². The molecule has 0 saturated heterocycles. The number of aromatic nitrogens is 3. The SMILES string of the molecule is CC(/C=C/c1ccccc1)=NNC(=O)CSc1nnc(-c2ccccc2)n1-c1ccccc1. The average molecular weight is 454 g/mol. The van der Waals surface area contributed by atoms with Gasteiger partial charge in [-0.2, -0.15) is 5.10 Å². The number of hydrogen-bond donors (Lipinski definition) is 1. The van der Waals surface area contributed by atoms with Gasteiger partial charge >= 0.3 is 0 Å². The summed E-state index contributed by atoms with van der Waals surface area (Å²) in [6.45, 7) is 1.84. The molecule has 1 heterocycles. The Morgan fingerprint density at radius 1 is 0.939 bits per heavy atom. The zero-order valence-corrected chi connectivity index (χ0v) is 18.9. The molecule has 0 aliphatic heterocycles. The van der Waals surface area contributed by atoms with E-state index in [0.29, 0.717) is 10.9 Å². The first-order valence-electron chi connectivity index (χ1n) is 10.5. The second-order valence-corrected chi connectivity index (χ2v) is 8.11. The van der Waals surface area contributed by atoms with Gasteiger partial charge in [0.1, 0.15) is 0 Å². The van der Waals surface area contributed by atoms with Crippen LogP contribution in [0, 0.1) is 0 Å². The maximum Gasteiger partial charge on any atom is 0.250 e. The number of hydrazone groups is 1. The number of rotatable bonds is 8. The molecule has 0 bridgehead atoms. The molecule has 3 aromatic carbocycles. The third kappa shape index (κ3) is 6.05. The third-order valence-electron chi connectivity index (χ3n) is 4.69. The Kier molecular flexibility index (Phi) is 7.45. The first-order chi connectivity index (χ1) is 16.2. The predicted molar refractivity (Wildman–Crippen MR) is 134 cm³/mol. The molecule has 33 heavy (non-hydrogen) atoms. The Labute approximate surface area is 197 Å². The van der Waals surface area contributed by atoms with Crippen molar-refractivity contribution in [3.05, 3.63) is 103 Å². The first kappa shape index (κ1) is 22.2. The number of carbonyl (C=O) groups excluding carboxylic acids is 1. The van der Waals surface area contributed by atoms with Gasteiger partial charge in [0.05, 0.1) is 11.5 Å². The van der Waals surface area contributed by atoms with E-state index in [4.69, 9.17) is 0 Å². The van der Waals surface area contributed by atoms with E-state index >= 15 is 0 Å². The second-order valence-electron chi connectivity index (χ2n) is 7.16. The van der Waals surface area contributed by atoms with E-state index in [9.17, 15) is 4.79 Å². The number of para-hydroxylation sites is 1. The summed E-state index contributed by atoms with van der Waals surface area (Å²) in [7, 11) is 0. The summed E-state index contributed by atoms with van der Waals surface area (Å²) in [6, 6.07) is 29.7. The first-order valence-corrected chi connectivity index (χ1v) is 11.4. The van der Waals surface area contributed by atoms with Crippen LogP contribution in [0.3, 0.4) is 0 Å². The molecule has 164 valence electrons. The van der Waals surface area contributed by atoms with E-state index in [-0.39, 0.29) is 11.7 Å². The van der Waals surface area contributed by atoms with Gasteiger partial charge in [-0.15, -0.1) is 10.2 Å². The van der Waals surface area contributed by atoms with E-state index < -0.39 is 0 Å². The van der Waals surface area contributed by atoms with Crippen molar-refractivity contribution >= 4 is 29.5 Å². The smallest absolute Gasteiger partial charge is 0.250 e. The topological polar surface area (TPSA) is 72.2 Å². The van der Waals surface area contributed by atoms with Gasteiger partial charge in [-0.1, -0.05) is 96.7 Å². The van der Waals surface area contributed by atoms with Gasteiger partial charge in [0, 0.05) is 11.3 Å². The van der Waals surface area contributed by atoms with Crippen LogP contribution in [0.4, 0.5) is 0 Å². The zero-order chi connectivity index (χ0) is 22.9. The Morgan fingerprint density at radius 3 is 2.27 bits per heavy atom. The molecule has 1 aromatic heterocycles. The van der Waals surface area contributed by atoms with Crippen LogP contribution in [0.5, 0.6) is 0 Å². The highest BCUT2D eigenvalue weighted by Gasteiger charge is 2.17. The Hall–Kier alpha value is -3.97.